The summed E-state index contributed by atoms with van der Waals surface area (Å²) >= 11 is 0. The maximum Gasteiger partial charge on any atom is 0.0109 e. The van der Waals surface area contributed by atoms with E-state index >= 15 is 0 Å². The van der Waals surface area contributed by atoms with Crippen molar-refractivity contribution in [3.63, 3.8) is 0 Å². The van der Waals surface area contributed by atoms with Crippen molar-refractivity contribution in [1.82, 2.24) is 9.80 Å². The molecule has 3 nitrogen and oxygen atoms in total. The van der Waals surface area contributed by atoms with Gasteiger partial charge >= 0.3 is 0 Å². The van der Waals surface area contributed by atoms with E-state index in [-0.39, 0.29) is 0 Å². The van der Waals surface area contributed by atoms with Gasteiger partial charge in [0.05, 0.1) is 0 Å². The Bertz CT molecular complexity index is 220. The molecule has 2 unspecified atom stereocenters. The highest BCUT2D eigenvalue weighted by Crippen LogP contribution is 2.23. The van der Waals surface area contributed by atoms with Crippen LogP contribution >= 0.6 is 0 Å². The first-order valence-electron chi connectivity index (χ1n) is 7.42. The van der Waals surface area contributed by atoms with Crippen LogP contribution in [0.2, 0.25) is 0 Å². The fourth-order valence-electron chi connectivity index (χ4n) is 3.25. The van der Waals surface area contributed by atoms with Crippen LogP contribution in [0.5, 0.6) is 0 Å². The summed E-state index contributed by atoms with van der Waals surface area (Å²) in [6.07, 6.45) is 8.06. The molecule has 0 aromatic rings. The van der Waals surface area contributed by atoms with Crippen molar-refractivity contribution in [2.24, 2.45) is 11.7 Å². The zero-order valence-electron chi connectivity index (χ0n) is 11.4. The van der Waals surface area contributed by atoms with E-state index in [0.29, 0.717) is 6.04 Å². The Labute approximate surface area is 106 Å². The van der Waals surface area contributed by atoms with Gasteiger partial charge in [0.1, 0.15) is 0 Å². The van der Waals surface area contributed by atoms with Gasteiger partial charge < -0.3 is 15.5 Å². The normalized spacial score (nSPS) is 34.2. The van der Waals surface area contributed by atoms with E-state index in [4.69, 9.17) is 5.73 Å². The highest BCUT2D eigenvalue weighted by atomic mass is 15.2. The number of hydrogen-bond donors (Lipinski definition) is 1. The molecule has 0 bridgehead atoms. The smallest absolute Gasteiger partial charge is 0.0109 e. The van der Waals surface area contributed by atoms with Gasteiger partial charge in [-0.2, -0.15) is 0 Å². The number of rotatable bonds is 2. The van der Waals surface area contributed by atoms with E-state index < -0.39 is 0 Å². The summed E-state index contributed by atoms with van der Waals surface area (Å²) in [6.45, 7) is 6.23. The molecule has 2 atom stereocenters. The van der Waals surface area contributed by atoms with Gasteiger partial charge in [0, 0.05) is 25.7 Å². The lowest BCUT2D eigenvalue weighted by Gasteiger charge is -2.29. The first-order chi connectivity index (χ1) is 8.25. The predicted molar refractivity (Wildman–Crippen MR) is 73.1 cm³/mol. The Morgan fingerprint density at radius 3 is 2.65 bits per heavy atom. The molecule has 1 aliphatic heterocycles. The molecular formula is C14H29N3. The molecule has 0 radical (unpaired) electrons. The lowest BCUT2D eigenvalue weighted by atomic mass is 9.95. The summed E-state index contributed by atoms with van der Waals surface area (Å²) in [7, 11) is 2.24. The van der Waals surface area contributed by atoms with E-state index in [1.807, 2.05) is 0 Å². The molecule has 2 fully saturated rings. The second-order valence-corrected chi connectivity index (χ2v) is 6.02. The van der Waals surface area contributed by atoms with Gasteiger partial charge in [-0.05, 0) is 45.3 Å². The number of hydrogen-bond acceptors (Lipinski definition) is 3. The molecule has 1 saturated carbocycles. The van der Waals surface area contributed by atoms with Gasteiger partial charge in [-0.3, -0.25) is 0 Å². The van der Waals surface area contributed by atoms with Gasteiger partial charge in [-0.15, -0.1) is 0 Å². The number of likely N-dealkylation sites (N-methyl/N-ethyl adjacent to an activating group) is 1. The summed E-state index contributed by atoms with van der Waals surface area (Å²) in [5.74, 6) is 0.751. The van der Waals surface area contributed by atoms with Crippen molar-refractivity contribution in [3.05, 3.63) is 0 Å². The van der Waals surface area contributed by atoms with Gasteiger partial charge in [-0.25, -0.2) is 0 Å². The Hall–Kier alpha value is -0.120. The number of nitrogens with two attached hydrogens (primary N) is 1. The van der Waals surface area contributed by atoms with E-state index in [2.05, 4.69) is 16.8 Å². The van der Waals surface area contributed by atoms with E-state index in [9.17, 15) is 0 Å². The first-order valence-corrected chi connectivity index (χ1v) is 7.42. The molecule has 3 heteroatoms. The molecule has 2 rings (SSSR count). The molecule has 0 aromatic carbocycles. The SMILES string of the molecule is CN1CCCN(CC2CCCCCC2N)CC1. The summed E-state index contributed by atoms with van der Waals surface area (Å²) in [4.78, 5) is 5.10. The highest BCUT2D eigenvalue weighted by Gasteiger charge is 2.23. The maximum absolute atomic E-state index is 6.33. The molecule has 2 N–H and O–H groups in total. The van der Waals surface area contributed by atoms with Crippen molar-refractivity contribution in [2.45, 2.75) is 44.6 Å². The topological polar surface area (TPSA) is 32.5 Å². The number of nitrogens with zero attached hydrogens (tertiary/aromatic N) is 2. The van der Waals surface area contributed by atoms with Gasteiger partial charge in [0.2, 0.25) is 0 Å². The van der Waals surface area contributed by atoms with Crippen molar-refractivity contribution in [3.8, 4) is 0 Å². The molecule has 1 aliphatic carbocycles. The Morgan fingerprint density at radius 2 is 1.76 bits per heavy atom. The molecule has 17 heavy (non-hydrogen) atoms. The first kappa shape index (κ1) is 13.3. The third-order valence-electron chi connectivity index (χ3n) is 4.52. The second kappa shape index (κ2) is 6.72. The van der Waals surface area contributed by atoms with Gasteiger partial charge in [0.15, 0.2) is 0 Å². The predicted octanol–water partition coefficient (Wildman–Crippen LogP) is 1.53. The molecule has 0 amide bonds. The monoisotopic (exact) mass is 239 g/mol. The quantitative estimate of drug-likeness (QED) is 0.742. The zero-order valence-corrected chi connectivity index (χ0v) is 11.4. The fourth-order valence-corrected chi connectivity index (χ4v) is 3.25. The van der Waals surface area contributed by atoms with Crippen molar-refractivity contribution >= 4 is 0 Å². The summed E-state index contributed by atoms with van der Waals surface area (Å²) < 4.78 is 0. The van der Waals surface area contributed by atoms with Crippen LogP contribution in [0.25, 0.3) is 0 Å². The Kier molecular flexibility index (Phi) is 5.26. The third kappa shape index (κ3) is 4.23. The maximum atomic E-state index is 6.33. The van der Waals surface area contributed by atoms with Crippen LogP contribution in [0.15, 0.2) is 0 Å². The van der Waals surface area contributed by atoms with Gasteiger partial charge in [-0.1, -0.05) is 19.3 Å². The summed E-state index contributed by atoms with van der Waals surface area (Å²) in [5.41, 5.74) is 6.33. The van der Waals surface area contributed by atoms with Crippen LogP contribution in [0.1, 0.15) is 38.5 Å². The van der Waals surface area contributed by atoms with Crippen LogP contribution in [0.3, 0.4) is 0 Å². The minimum Gasteiger partial charge on any atom is -0.327 e. The van der Waals surface area contributed by atoms with E-state index in [0.717, 1.165) is 5.92 Å². The molecule has 0 spiro atoms. The highest BCUT2D eigenvalue weighted by molar-refractivity contribution is 4.80. The Balaban J connectivity index is 1.81. The largest absolute Gasteiger partial charge is 0.327 e. The zero-order chi connectivity index (χ0) is 12.1. The van der Waals surface area contributed by atoms with E-state index in [1.54, 1.807) is 0 Å². The molecule has 2 aliphatic rings. The minimum atomic E-state index is 0.457. The molecule has 1 saturated heterocycles. The molecule has 0 aromatic heterocycles. The van der Waals surface area contributed by atoms with Crippen molar-refractivity contribution < 1.29 is 0 Å². The fraction of sp³-hybridized carbons (Fsp3) is 1.00. The molecule has 1 heterocycles. The average Bonchev–Trinajstić information content (AvgIpc) is 2.63. The van der Waals surface area contributed by atoms with Crippen LogP contribution in [0, 0.1) is 5.92 Å². The van der Waals surface area contributed by atoms with Crippen molar-refractivity contribution in [2.75, 3.05) is 39.8 Å². The standard InChI is InChI=1S/C14H29N3/c1-16-8-5-9-17(11-10-16)12-13-6-3-2-4-7-14(13)15/h13-14H,2-12,15H2,1H3. The lowest BCUT2D eigenvalue weighted by Crippen LogP contribution is -2.40. The van der Waals surface area contributed by atoms with Crippen LogP contribution in [0.4, 0.5) is 0 Å². The summed E-state index contributed by atoms with van der Waals surface area (Å²) in [5, 5.41) is 0. The Morgan fingerprint density at radius 1 is 0.941 bits per heavy atom. The van der Waals surface area contributed by atoms with Crippen molar-refractivity contribution in [1.29, 1.82) is 0 Å². The second-order valence-electron chi connectivity index (χ2n) is 6.02. The van der Waals surface area contributed by atoms with Crippen LogP contribution < -0.4 is 5.73 Å². The van der Waals surface area contributed by atoms with Crippen LogP contribution in [-0.2, 0) is 0 Å². The third-order valence-corrected chi connectivity index (χ3v) is 4.52. The molecule has 100 valence electrons. The molecular weight excluding hydrogens is 210 g/mol. The average molecular weight is 239 g/mol. The van der Waals surface area contributed by atoms with E-state index in [1.165, 1.54) is 71.2 Å². The van der Waals surface area contributed by atoms with Gasteiger partial charge in [0.25, 0.3) is 0 Å². The lowest BCUT2D eigenvalue weighted by molar-refractivity contribution is 0.211. The minimum absolute atomic E-state index is 0.457. The summed E-state index contributed by atoms with van der Waals surface area (Å²) in [6, 6.07) is 0.457. The van der Waals surface area contributed by atoms with Crippen LogP contribution in [-0.4, -0.2) is 55.6 Å².